The van der Waals surface area contributed by atoms with E-state index in [1.165, 1.54) is 6.92 Å². The summed E-state index contributed by atoms with van der Waals surface area (Å²) in [4.78, 5) is 21.8. The van der Waals surface area contributed by atoms with Crippen LogP contribution in [0.15, 0.2) is 0 Å². The number of hydrogen-bond acceptors (Lipinski definition) is 6. The van der Waals surface area contributed by atoms with Gasteiger partial charge in [0.15, 0.2) is 0 Å². The fourth-order valence-corrected chi connectivity index (χ4v) is 1.34. The fraction of sp³-hybridized carbons (Fsp3) is 0.429. The number of carbonyl (C=O) groups excluding carboxylic acids is 2. The average molecular weight is 229 g/mol. The summed E-state index contributed by atoms with van der Waals surface area (Å²) in [6.07, 6.45) is 0. The SMILES string of the molecule is CC(=O)NCCNC(=O)c1nnc(N)s1. The highest BCUT2D eigenvalue weighted by Crippen LogP contribution is 2.09. The molecule has 0 spiro atoms. The lowest BCUT2D eigenvalue weighted by Crippen LogP contribution is -2.33. The lowest BCUT2D eigenvalue weighted by atomic mass is 10.5. The molecular formula is C7H11N5O2S. The van der Waals surface area contributed by atoms with Gasteiger partial charge in [0.05, 0.1) is 0 Å². The van der Waals surface area contributed by atoms with Gasteiger partial charge in [0, 0.05) is 20.0 Å². The zero-order chi connectivity index (χ0) is 11.3. The van der Waals surface area contributed by atoms with Crippen LogP contribution in [0.1, 0.15) is 16.7 Å². The molecule has 2 amide bonds. The van der Waals surface area contributed by atoms with E-state index in [1.807, 2.05) is 0 Å². The maximum Gasteiger partial charge on any atom is 0.282 e. The molecule has 0 saturated heterocycles. The lowest BCUT2D eigenvalue weighted by Gasteiger charge is -2.02. The molecule has 1 aromatic heterocycles. The van der Waals surface area contributed by atoms with Crippen LogP contribution in [0, 0.1) is 0 Å². The predicted octanol–water partition coefficient (Wildman–Crippen LogP) is -1.01. The first kappa shape index (κ1) is 11.4. The van der Waals surface area contributed by atoms with Gasteiger partial charge in [-0.05, 0) is 0 Å². The van der Waals surface area contributed by atoms with Crippen molar-refractivity contribution in [2.75, 3.05) is 18.8 Å². The molecule has 0 aliphatic carbocycles. The van der Waals surface area contributed by atoms with Gasteiger partial charge in [-0.3, -0.25) is 9.59 Å². The molecule has 1 aromatic rings. The van der Waals surface area contributed by atoms with Crippen molar-refractivity contribution in [3.05, 3.63) is 5.01 Å². The second kappa shape index (κ2) is 5.25. The summed E-state index contributed by atoms with van der Waals surface area (Å²) in [6, 6.07) is 0. The van der Waals surface area contributed by atoms with Crippen LogP contribution in [-0.4, -0.2) is 35.1 Å². The normalized spacial score (nSPS) is 9.67. The van der Waals surface area contributed by atoms with Gasteiger partial charge in [0.25, 0.3) is 5.91 Å². The van der Waals surface area contributed by atoms with Crippen LogP contribution >= 0.6 is 11.3 Å². The third-order valence-corrected chi connectivity index (χ3v) is 2.17. The van der Waals surface area contributed by atoms with E-state index in [4.69, 9.17) is 5.73 Å². The Morgan fingerprint density at radius 1 is 1.33 bits per heavy atom. The Balaban J connectivity index is 2.28. The van der Waals surface area contributed by atoms with E-state index in [2.05, 4.69) is 20.8 Å². The van der Waals surface area contributed by atoms with Gasteiger partial charge in [-0.15, -0.1) is 10.2 Å². The highest BCUT2D eigenvalue weighted by atomic mass is 32.1. The van der Waals surface area contributed by atoms with E-state index in [1.54, 1.807) is 0 Å². The van der Waals surface area contributed by atoms with Crippen LogP contribution in [0.25, 0.3) is 0 Å². The van der Waals surface area contributed by atoms with Crippen LogP contribution in [0.5, 0.6) is 0 Å². The van der Waals surface area contributed by atoms with Crippen LogP contribution < -0.4 is 16.4 Å². The first-order valence-electron chi connectivity index (χ1n) is 4.21. The second-order valence-electron chi connectivity index (χ2n) is 2.68. The first-order valence-corrected chi connectivity index (χ1v) is 5.03. The average Bonchev–Trinajstić information content (AvgIpc) is 2.59. The fourth-order valence-electron chi connectivity index (χ4n) is 0.817. The summed E-state index contributed by atoms with van der Waals surface area (Å²) in [5.74, 6) is -0.473. The number of nitrogen functional groups attached to an aromatic ring is 1. The van der Waals surface area contributed by atoms with Gasteiger partial charge >= 0.3 is 0 Å². The van der Waals surface area contributed by atoms with E-state index in [9.17, 15) is 9.59 Å². The van der Waals surface area contributed by atoms with Gasteiger partial charge in [0.1, 0.15) is 0 Å². The van der Waals surface area contributed by atoms with E-state index in [0.29, 0.717) is 13.1 Å². The number of aromatic nitrogens is 2. The molecule has 0 bridgehead atoms. The minimum atomic E-state index is -0.338. The van der Waals surface area contributed by atoms with Crippen molar-refractivity contribution in [2.24, 2.45) is 0 Å². The number of rotatable bonds is 4. The highest BCUT2D eigenvalue weighted by Gasteiger charge is 2.10. The van der Waals surface area contributed by atoms with Crippen LogP contribution in [0.3, 0.4) is 0 Å². The Hall–Kier alpha value is -1.70. The van der Waals surface area contributed by atoms with Gasteiger partial charge < -0.3 is 16.4 Å². The first-order chi connectivity index (χ1) is 7.09. The highest BCUT2D eigenvalue weighted by molar-refractivity contribution is 7.16. The number of hydrogen-bond donors (Lipinski definition) is 3. The Bertz CT molecular complexity index is 364. The van der Waals surface area contributed by atoms with E-state index in [0.717, 1.165) is 11.3 Å². The zero-order valence-corrected chi connectivity index (χ0v) is 8.93. The molecule has 8 heteroatoms. The molecule has 0 saturated carbocycles. The number of nitrogens with one attached hydrogen (secondary N) is 2. The molecule has 0 aromatic carbocycles. The molecule has 1 heterocycles. The summed E-state index contributed by atoms with van der Waals surface area (Å²) in [5.41, 5.74) is 5.32. The summed E-state index contributed by atoms with van der Waals surface area (Å²) in [5, 5.41) is 12.7. The molecule has 0 aliphatic heterocycles. The van der Waals surface area contributed by atoms with Gasteiger partial charge in [0.2, 0.25) is 16.0 Å². The summed E-state index contributed by atoms with van der Waals surface area (Å²) < 4.78 is 0. The number of carbonyl (C=O) groups is 2. The van der Waals surface area contributed by atoms with Crippen LogP contribution in [0.2, 0.25) is 0 Å². The Morgan fingerprint density at radius 2 is 2.00 bits per heavy atom. The Labute approximate surface area is 90.1 Å². The quantitative estimate of drug-likeness (QED) is 0.573. The summed E-state index contributed by atoms with van der Waals surface area (Å²) in [7, 11) is 0. The lowest BCUT2D eigenvalue weighted by molar-refractivity contribution is -0.118. The van der Waals surface area contributed by atoms with Crippen molar-refractivity contribution in [2.45, 2.75) is 6.92 Å². The third-order valence-electron chi connectivity index (χ3n) is 1.42. The molecule has 0 radical (unpaired) electrons. The predicted molar refractivity (Wildman–Crippen MR) is 55.3 cm³/mol. The summed E-state index contributed by atoms with van der Waals surface area (Å²) in [6.45, 7) is 2.14. The van der Waals surface area contributed by atoms with Gasteiger partial charge in [-0.1, -0.05) is 11.3 Å². The molecule has 15 heavy (non-hydrogen) atoms. The molecule has 0 fully saturated rings. The van der Waals surface area contributed by atoms with Gasteiger partial charge in [-0.2, -0.15) is 0 Å². The second-order valence-corrected chi connectivity index (χ2v) is 3.69. The van der Waals surface area contributed by atoms with Crippen molar-refractivity contribution in [1.29, 1.82) is 0 Å². The molecule has 0 unspecified atom stereocenters. The van der Waals surface area contributed by atoms with Crippen molar-refractivity contribution in [3.8, 4) is 0 Å². The van der Waals surface area contributed by atoms with Gasteiger partial charge in [-0.25, -0.2) is 0 Å². The molecule has 7 nitrogen and oxygen atoms in total. The number of anilines is 1. The number of amides is 2. The largest absolute Gasteiger partial charge is 0.374 e. The van der Waals surface area contributed by atoms with Crippen molar-refractivity contribution >= 4 is 28.3 Å². The molecule has 82 valence electrons. The van der Waals surface area contributed by atoms with Crippen molar-refractivity contribution < 1.29 is 9.59 Å². The third kappa shape index (κ3) is 3.90. The van der Waals surface area contributed by atoms with E-state index < -0.39 is 0 Å². The van der Waals surface area contributed by atoms with Crippen LogP contribution in [-0.2, 0) is 4.79 Å². The smallest absolute Gasteiger partial charge is 0.282 e. The molecule has 0 aliphatic rings. The van der Waals surface area contributed by atoms with Crippen molar-refractivity contribution in [3.63, 3.8) is 0 Å². The van der Waals surface area contributed by atoms with Crippen LogP contribution in [0.4, 0.5) is 5.13 Å². The summed E-state index contributed by atoms with van der Waals surface area (Å²) >= 11 is 1.02. The van der Waals surface area contributed by atoms with E-state index in [-0.39, 0.29) is 22.0 Å². The topological polar surface area (TPSA) is 110 Å². The molecular weight excluding hydrogens is 218 g/mol. The standard InChI is InChI=1S/C7H11N5O2S/c1-4(13)9-2-3-10-5(14)6-11-12-7(8)15-6/h2-3H2,1H3,(H2,8,12)(H,9,13)(H,10,14). The Kier molecular flexibility index (Phi) is 3.98. The maximum atomic E-state index is 11.3. The monoisotopic (exact) mass is 229 g/mol. The van der Waals surface area contributed by atoms with E-state index >= 15 is 0 Å². The minimum Gasteiger partial charge on any atom is -0.374 e. The Morgan fingerprint density at radius 3 is 2.53 bits per heavy atom. The maximum absolute atomic E-state index is 11.3. The number of nitrogens with two attached hydrogens (primary N) is 1. The molecule has 4 N–H and O–H groups in total. The number of nitrogens with zero attached hydrogens (tertiary/aromatic N) is 2. The molecule has 1 rings (SSSR count). The van der Waals surface area contributed by atoms with Crippen molar-refractivity contribution in [1.82, 2.24) is 20.8 Å². The minimum absolute atomic E-state index is 0.135. The molecule has 0 atom stereocenters. The zero-order valence-electron chi connectivity index (χ0n) is 8.11.